The first-order valence-electron chi connectivity index (χ1n) is 9.19. The molecule has 12 heteroatoms. The van der Waals surface area contributed by atoms with Gasteiger partial charge < -0.3 is 23.8 Å². The molecule has 1 saturated heterocycles. The lowest BCUT2D eigenvalue weighted by Crippen LogP contribution is -2.64. The van der Waals surface area contributed by atoms with E-state index < -0.39 is 54.5 Å². The van der Waals surface area contributed by atoms with E-state index in [4.69, 9.17) is 24.5 Å². The van der Waals surface area contributed by atoms with Crippen LogP contribution >= 0.6 is 0 Å². The number of azide groups is 1. The number of esters is 3. The third-order valence-corrected chi connectivity index (χ3v) is 4.30. The molecule has 1 aliphatic heterocycles. The van der Waals surface area contributed by atoms with Gasteiger partial charge in [-0.1, -0.05) is 23.3 Å². The second kappa shape index (κ2) is 10.4. The first kappa shape index (κ1) is 23.6. The predicted octanol–water partition coefficient (Wildman–Crippen LogP) is 1.48. The molecule has 31 heavy (non-hydrogen) atoms. The van der Waals surface area contributed by atoms with Crippen molar-refractivity contribution in [1.29, 1.82) is 0 Å². The van der Waals surface area contributed by atoms with Crippen molar-refractivity contribution < 1.29 is 38.1 Å². The van der Waals surface area contributed by atoms with E-state index in [-0.39, 0.29) is 0 Å². The average molecular weight is 434 g/mol. The lowest BCUT2D eigenvalue weighted by molar-refractivity contribution is -0.242. The number of amides is 1. The highest BCUT2D eigenvalue weighted by Crippen LogP contribution is 2.31. The Labute approximate surface area is 177 Å². The molecule has 0 radical (unpaired) electrons. The maximum atomic E-state index is 13.2. The molecule has 5 atom stereocenters. The summed E-state index contributed by atoms with van der Waals surface area (Å²) in [5.41, 5.74) is 9.42. The SMILES string of the molecule is CC(=O)O[C@@H]1[C@@H](OC(C)=O)[C@@H](N=[N+]=[N-])O[C@H](C(=O)N(C)c2ccccc2)[C@H]1OC(C)=O. The summed E-state index contributed by atoms with van der Waals surface area (Å²) >= 11 is 0. The maximum absolute atomic E-state index is 13.2. The number of anilines is 1. The van der Waals surface area contributed by atoms with Gasteiger partial charge in [0.15, 0.2) is 30.6 Å². The van der Waals surface area contributed by atoms with E-state index in [1.165, 1.54) is 11.9 Å². The topological polar surface area (TPSA) is 157 Å². The maximum Gasteiger partial charge on any atom is 0.303 e. The molecule has 1 heterocycles. The van der Waals surface area contributed by atoms with Crippen LogP contribution in [0.15, 0.2) is 35.4 Å². The minimum atomic E-state index is -1.53. The smallest absolute Gasteiger partial charge is 0.303 e. The van der Waals surface area contributed by atoms with Crippen LogP contribution in [0.25, 0.3) is 10.4 Å². The highest BCUT2D eigenvalue weighted by molar-refractivity contribution is 5.97. The van der Waals surface area contributed by atoms with Gasteiger partial charge in [0.1, 0.15) is 0 Å². The van der Waals surface area contributed by atoms with E-state index >= 15 is 0 Å². The minimum Gasteiger partial charge on any atom is -0.455 e. The van der Waals surface area contributed by atoms with Gasteiger partial charge in [0.25, 0.3) is 5.91 Å². The fraction of sp³-hybridized carbons (Fsp3) is 0.474. The fourth-order valence-electron chi connectivity index (χ4n) is 3.10. The number of nitrogens with zero attached hydrogens (tertiary/aromatic N) is 4. The van der Waals surface area contributed by atoms with Crippen LogP contribution in [-0.4, -0.2) is 61.5 Å². The molecule has 1 aromatic carbocycles. The summed E-state index contributed by atoms with van der Waals surface area (Å²) in [7, 11) is 1.47. The lowest BCUT2D eigenvalue weighted by atomic mass is 9.96. The zero-order valence-electron chi connectivity index (χ0n) is 17.3. The molecular weight excluding hydrogens is 412 g/mol. The Bertz CT molecular complexity index is 886. The quantitative estimate of drug-likeness (QED) is 0.214. The number of hydrogen-bond acceptors (Lipinski definition) is 9. The van der Waals surface area contributed by atoms with Crippen molar-refractivity contribution in [3.8, 4) is 0 Å². The molecule has 1 amide bonds. The molecule has 0 saturated carbocycles. The third-order valence-electron chi connectivity index (χ3n) is 4.30. The zero-order valence-corrected chi connectivity index (χ0v) is 17.3. The van der Waals surface area contributed by atoms with Crippen LogP contribution < -0.4 is 4.90 Å². The highest BCUT2D eigenvalue weighted by atomic mass is 16.7. The third kappa shape index (κ3) is 5.93. The van der Waals surface area contributed by atoms with Crippen molar-refractivity contribution in [3.05, 3.63) is 40.8 Å². The molecule has 1 aromatic rings. The number of carbonyl (C=O) groups excluding carboxylic acids is 4. The molecule has 12 nitrogen and oxygen atoms in total. The average Bonchev–Trinajstić information content (AvgIpc) is 2.70. The number of carbonyl (C=O) groups is 4. The summed E-state index contributed by atoms with van der Waals surface area (Å²) in [4.78, 5) is 52.2. The Morgan fingerprint density at radius 2 is 1.45 bits per heavy atom. The van der Waals surface area contributed by atoms with Crippen LogP contribution in [-0.2, 0) is 38.1 Å². The number of hydrogen-bond donors (Lipinski definition) is 0. The molecule has 1 aliphatic rings. The summed E-state index contributed by atoms with van der Waals surface area (Å²) in [6, 6.07) is 8.52. The Morgan fingerprint density at radius 3 is 1.97 bits per heavy atom. The summed E-state index contributed by atoms with van der Waals surface area (Å²) < 4.78 is 21.2. The van der Waals surface area contributed by atoms with Crippen LogP contribution in [0.5, 0.6) is 0 Å². The molecule has 1 fully saturated rings. The Hall–Kier alpha value is -3.63. The van der Waals surface area contributed by atoms with Gasteiger partial charge in [0.2, 0.25) is 0 Å². The normalized spacial score (nSPS) is 24.8. The van der Waals surface area contributed by atoms with Gasteiger partial charge in [-0.3, -0.25) is 19.2 Å². The van der Waals surface area contributed by atoms with E-state index in [2.05, 4.69) is 10.0 Å². The number of rotatable bonds is 6. The molecule has 0 spiro atoms. The number of ether oxygens (including phenoxy) is 4. The van der Waals surface area contributed by atoms with Gasteiger partial charge in [-0.05, 0) is 17.7 Å². The minimum absolute atomic E-state index is 0.504. The summed E-state index contributed by atoms with van der Waals surface area (Å²) in [6.45, 7) is 3.26. The van der Waals surface area contributed by atoms with Crippen molar-refractivity contribution in [3.63, 3.8) is 0 Å². The van der Waals surface area contributed by atoms with Crippen molar-refractivity contribution >= 4 is 29.5 Å². The molecule has 0 aromatic heterocycles. The zero-order chi connectivity index (χ0) is 23.1. The second-order valence-corrected chi connectivity index (χ2v) is 6.61. The van der Waals surface area contributed by atoms with E-state index in [1.54, 1.807) is 30.3 Å². The summed E-state index contributed by atoms with van der Waals surface area (Å²) in [5.74, 6) is -3.07. The highest BCUT2D eigenvalue weighted by Gasteiger charge is 2.54. The largest absolute Gasteiger partial charge is 0.455 e. The van der Waals surface area contributed by atoms with Crippen molar-refractivity contribution in [2.45, 2.75) is 51.4 Å². The van der Waals surface area contributed by atoms with Gasteiger partial charge in [0, 0.05) is 38.4 Å². The molecular formula is C19H22N4O8. The number of para-hydroxylation sites is 1. The summed E-state index contributed by atoms with van der Waals surface area (Å²) in [5, 5.41) is 3.43. The van der Waals surface area contributed by atoms with Gasteiger partial charge in [-0.2, -0.15) is 0 Å². The van der Waals surface area contributed by atoms with Gasteiger partial charge in [0.05, 0.1) is 0 Å². The Kier molecular flexibility index (Phi) is 7.94. The van der Waals surface area contributed by atoms with Gasteiger partial charge in [-0.25, -0.2) is 0 Å². The van der Waals surface area contributed by atoms with Crippen molar-refractivity contribution in [1.82, 2.24) is 0 Å². The predicted molar refractivity (Wildman–Crippen MR) is 104 cm³/mol. The molecule has 0 unspecified atom stereocenters. The van der Waals surface area contributed by atoms with Crippen LogP contribution in [0.1, 0.15) is 20.8 Å². The number of benzene rings is 1. The first-order chi connectivity index (χ1) is 14.6. The fourth-order valence-corrected chi connectivity index (χ4v) is 3.10. The standard InChI is InChI=1S/C19H22N4O8/c1-10(24)28-14-15(29-11(2)25)17(19(27)23(4)13-8-6-5-7-9-13)31-18(21-22-20)16(14)30-12(3)26/h5-9,14-18H,1-4H3/t14-,15-,16+,17-,18-/m0/s1. The van der Waals surface area contributed by atoms with E-state index in [1.807, 2.05) is 0 Å². The monoisotopic (exact) mass is 434 g/mol. The second-order valence-electron chi connectivity index (χ2n) is 6.61. The Morgan fingerprint density at radius 1 is 0.935 bits per heavy atom. The van der Waals surface area contributed by atoms with Gasteiger partial charge >= 0.3 is 17.9 Å². The molecule has 2 rings (SSSR count). The molecule has 166 valence electrons. The summed E-state index contributed by atoms with van der Waals surface area (Å²) in [6.07, 6.45) is -7.45. The number of likely N-dealkylation sites (N-methyl/N-ethyl adjacent to an activating group) is 1. The molecule has 0 N–H and O–H groups in total. The van der Waals surface area contributed by atoms with Crippen LogP contribution in [0.2, 0.25) is 0 Å². The van der Waals surface area contributed by atoms with Crippen LogP contribution in [0, 0.1) is 0 Å². The van der Waals surface area contributed by atoms with Crippen LogP contribution in [0.4, 0.5) is 5.69 Å². The van der Waals surface area contributed by atoms with E-state index in [9.17, 15) is 19.2 Å². The van der Waals surface area contributed by atoms with E-state index in [0.717, 1.165) is 20.8 Å². The Balaban J connectivity index is 2.52. The van der Waals surface area contributed by atoms with Crippen molar-refractivity contribution in [2.75, 3.05) is 11.9 Å². The molecule has 0 bridgehead atoms. The van der Waals surface area contributed by atoms with Crippen LogP contribution in [0.3, 0.4) is 0 Å². The van der Waals surface area contributed by atoms with Gasteiger partial charge in [-0.15, -0.1) is 0 Å². The lowest BCUT2D eigenvalue weighted by Gasteiger charge is -2.43. The van der Waals surface area contributed by atoms with E-state index in [0.29, 0.717) is 5.69 Å². The molecule has 0 aliphatic carbocycles. The van der Waals surface area contributed by atoms with Crippen molar-refractivity contribution in [2.24, 2.45) is 5.11 Å². The first-order valence-corrected chi connectivity index (χ1v) is 9.19.